The number of halogens is 1. The van der Waals surface area contributed by atoms with E-state index in [2.05, 4.69) is 15.9 Å². The summed E-state index contributed by atoms with van der Waals surface area (Å²) in [5, 5.41) is 2.93. The fourth-order valence-corrected chi connectivity index (χ4v) is 3.36. The molecule has 0 aromatic carbocycles. The molecule has 1 aliphatic rings. The Morgan fingerprint density at radius 3 is 3.20 bits per heavy atom. The molecule has 2 heterocycles. The van der Waals surface area contributed by atoms with Gasteiger partial charge in [0.25, 0.3) is 0 Å². The van der Waals surface area contributed by atoms with E-state index in [1.54, 1.807) is 11.3 Å². The third-order valence-corrected chi connectivity index (χ3v) is 4.40. The highest BCUT2D eigenvalue weighted by molar-refractivity contribution is 9.09. The van der Waals surface area contributed by atoms with Crippen molar-refractivity contribution in [3.8, 4) is 0 Å². The van der Waals surface area contributed by atoms with E-state index in [9.17, 15) is 4.79 Å². The van der Waals surface area contributed by atoms with Gasteiger partial charge >= 0.3 is 0 Å². The molecule has 1 aromatic heterocycles. The van der Waals surface area contributed by atoms with Gasteiger partial charge in [-0.1, -0.05) is 22.0 Å². The number of carbonyl (C=O) groups is 1. The summed E-state index contributed by atoms with van der Waals surface area (Å²) >= 11 is 5.13. The lowest BCUT2D eigenvalue weighted by molar-refractivity contribution is -0.130. The Labute approximate surface area is 102 Å². The fraction of sp³-hybridized carbons (Fsp3) is 0.545. The minimum atomic E-state index is 0.277. The minimum Gasteiger partial charge on any atom is -0.339 e. The van der Waals surface area contributed by atoms with Gasteiger partial charge in [0.2, 0.25) is 5.91 Å². The van der Waals surface area contributed by atoms with Crippen molar-refractivity contribution in [1.29, 1.82) is 0 Å². The van der Waals surface area contributed by atoms with Gasteiger partial charge in [0.15, 0.2) is 0 Å². The lowest BCUT2D eigenvalue weighted by Crippen LogP contribution is -2.37. The zero-order chi connectivity index (χ0) is 10.7. The first-order valence-electron chi connectivity index (χ1n) is 5.19. The molecule has 1 atom stereocenters. The second kappa shape index (κ2) is 5.12. The number of carbonyl (C=O) groups excluding carboxylic acids is 1. The van der Waals surface area contributed by atoms with Crippen molar-refractivity contribution >= 4 is 33.2 Å². The zero-order valence-electron chi connectivity index (χ0n) is 8.49. The van der Waals surface area contributed by atoms with E-state index >= 15 is 0 Å². The molecule has 0 aliphatic carbocycles. The SMILES string of the molecule is O=C(Cc1cccs1)N1CCC[C@H]1CBr. The van der Waals surface area contributed by atoms with Crippen molar-refractivity contribution in [3.05, 3.63) is 22.4 Å². The van der Waals surface area contributed by atoms with E-state index in [1.165, 1.54) is 4.88 Å². The van der Waals surface area contributed by atoms with Crippen LogP contribution in [-0.2, 0) is 11.2 Å². The second-order valence-electron chi connectivity index (χ2n) is 3.79. The van der Waals surface area contributed by atoms with Crippen molar-refractivity contribution in [2.75, 3.05) is 11.9 Å². The first kappa shape index (κ1) is 11.1. The van der Waals surface area contributed by atoms with Gasteiger partial charge in [0.1, 0.15) is 0 Å². The van der Waals surface area contributed by atoms with Gasteiger partial charge in [-0.05, 0) is 24.3 Å². The fourth-order valence-electron chi connectivity index (χ4n) is 1.99. The first-order chi connectivity index (χ1) is 7.31. The zero-order valence-corrected chi connectivity index (χ0v) is 10.9. The van der Waals surface area contributed by atoms with Gasteiger partial charge < -0.3 is 4.90 Å². The van der Waals surface area contributed by atoms with Crippen LogP contribution in [0.5, 0.6) is 0 Å². The van der Waals surface area contributed by atoms with Crippen molar-refractivity contribution in [2.45, 2.75) is 25.3 Å². The lowest BCUT2D eigenvalue weighted by Gasteiger charge is -2.22. The molecule has 2 nitrogen and oxygen atoms in total. The van der Waals surface area contributed by atoms with Crippen LogP contribution in [0.2, 0.25) is 0 Å². The Kier molecular flexibility index (Phi) is 3.81. The van der Waals surface area contributed by atoms with Crippen molar-refractivity contribution in [1.82, 2.24) is 4.90 Å². The van der Waals surface area contributed by atoms with E-state index in [0.29, 0.717) is 12.5 Å². The van der Waals surface area contributed by atoms with Crippen molar-refractivity contribution < 1.29 is 4.79 Å². The molecule has 4 heteroatoms. The Morgan fingerprint density at radius 1 is 1.67 bits per heavy atom. The molecule has 1 fully saturated rings. The molecule has 0 unspecified atom stereocenters. The molecule has 1 aliphatic heterocycles. The van der Waals surface area contributed by atoms with E-state index < -0.39 is 0 Å². The number of amides is 1. The van der Waals surface area contributed by atoms with Gasteiger partial charge in [-0.25, -0.2) is 0 Å². The van der Waals surface area contributed by atoms with Crippen LogP contribution in [0.15, 0.2) is 17.5 Å². The third-order valence-electron chi connectivity index (χ3n) is 2.78. The van der Waals surface area contributed by atoms with E-state index in [-0.39, 0.29) is 5.91 Å². The largest absolute Gasteiger partial charge is 0.339 e. The standard InChI is InChI=1S/C11H14BrNOS/c12-8-9-3-1-5-13(9)11(14)7-10-4-2-6-15-10/h2,4,6,9H,1,3,5,7-8H2/t9-/m0/s1. The summed E-state index contributed by atoms with van der Waals surface area (Å²) in [6.45, 7) is 0.931. The van der Waals surface area contributed by atoms with Crippen LogP contribution in [-0.4, -0.2) is 28.7 Å². The number of alkyl halides is 1. The number of likely N-dealkylation sites (tertiary alicyclic amines) is 1. The Balaban J connectivity index is 1.96. The molecule has 0 radical (unpaired) electrons. The molecule has 0 saturated carbocycles. The average molecular weight is 288 g/mol. The van der Waals surface area contributed by atoms with Gasteiger partial charge in [-0.15, -0.1) is 11.3 Å². The van der Waals surface area contributed by atoms with Crippen LogP contribution in [0.1, 0.15) is 17.7 Å². The predicted octanol–water partition coefficient (Wildman–Crippen LogP) is 2.68. The van der Waals surface area contributed by atoms with E-state index in [1.807, 2.05) is 22.4 Å². The maximum Gasteiger partial charge on any atom is 0.228 e. The summed E-state index contributed by atoms with van der Waals surface area (Å²) in [5.74, 6) is 0.277. The molecular weight excluding hydrogens is 274 g/mol. The molecule has 1 saturated heterocycles. The van der Waals surface area contributed by atoms with Crippen LogP contribution in [0.25, 0.3) is 0 Å². The molecule has 0 spiro atoms. The smallest absolute Gasteiger partial charge is 0.228 e. The maximum absolute atomic E-state index is 12.0. The van der Waals surface area contributed by atoms with Crippen LogP contribution in [0.3, 0.4) is 0 Å². The summed E-state index contributed by atoms with van der Waals surface area (Å²) in [6.07, 6.45) is 2.86. The summed E-state index contributed by atoms with van der Waals surface area (Å²) in [4.78, 5) is 15.2. The number of thiophene rings is 1. The number of nitrogens with zero attached hydrogens (tertiary/aromatic N) is 1. The molecular formula is C11H14BrNOS. The highest BCUT2D eigenvalue weighted by atomic mass is 79.9. The van der Waals surface area contributed by atoms with Gasteiger partial charge in [0, 0.05) is 22.8 Å². The maximum atomic E-state index is 12.0. The molecule has 0 N–H and O–H groups in total. The monoisotopic (exact) mass is 287 g/mol. The van der Waals surface area contributed by atoms with Crippen LogP contribution in [0.4, 0.5) is 0 Å². The minimum absolute atomic E-state index is 0.277. The number of hydrogen-bond donors (Lipinski definition) is 0. The van der Waals surface area contributed by atoms with E-state index in [4.69, 9.17) is 0 Å². The quantitative estimate of drug-likeness (QED) is 0.783. The Bertz CT molecular complexity index is 325. The summed E-state index contributed by atoms with van der Waals surface area (Å²) in [5.41, 5.74) is 0. The lowest BCUT2D eigenvalue weighted by atomic mass is 10.2. The van der Waals surface area contributed by atoms with Crippen molar-refractivity contribution in [2.24, 2.45) is 0 Å². The van der Waals surface area contributed by atoms with Crippen LogP contribution in [0, 0.1) is 0 Å². The molecule has 15 heavy (non-hydrogen) atoms. The normalized spacial score (nSPS) is 20.9. The van der Waals surface area contributed by atoms with Gasteiger partial charge in [-0.2, -0.15) is 0 Å². The predicted molar refractivity (Wildman–Crippen MR) is 66.6 cm³/mol. The van der Waals surface area contributed by atoms with Crippen LogP contribution >= 0.6 is 27.3 Å². The highest BCUT2D eigenvalue weighted by Gasteiger charge is 2.27. The third kappa shape index (κ3) is 2.61. The van der Waals surface area contributed by atoms with Gasteiger partial charge in [-0.3, -0.25) is 4.79 Å². The molecule has 82 valence electrons. The average Bonchev–Trinajstić information content (AvgIpc) is 2.86. The van der Waals surface area contributed by atoms with Crippen molar-refractivity contribution in [3.63, 3.8) is 0 Å². The molecule has 2 rings (SSSR count). The first-order valence-corrected chi connectivity index (χ1v) is 7.19. The summed E-state index contributed by atoms with van der Waals surface area (Å²) < 4.78 is 0. The molecule has 0 bridgehead atoms. The molecule has 1 aromatic rings. The van der Waals surface area contributed by atoms with E-state index in [0.717, 1.165) is 24.7 Å². The number of hydrogen-bond acceptors (Lipinski definition) is 2. The Hall–Kier alpha value is -0.350. The highest BCUT2D eigenvalue weighted by Crippen LogP contribution is 2.21. The number of rotatable bonds is 3. The second-order valence-corrected chi connectivity index (χ2v) is 5.47. The Morgan fingerprint density at radius 2 is 2.53 bits per heavy atom. The topological polar surface area (TPSA) is 20.3 Å². The van der Waals surface area contributed by atoms with Gasteiger partial charge in [0.05, 0.1) is 6.42 Å². The van der Waals surface area contributed by atoms with Crippen LogP contribution < -0.4 is 0 Å². The summed E-state index contributed by atoms with van der Waals surface area (Å²) in [6, 6.07) is 4.44. The molecule has 1 amide bonds. The summed E-state index contributed by atoms with van der Waals surface area (Å²) in [7, 11) is 0.